The minimum atomic E-state index is -0.194. The van der Waals surface area contributed by atoms with Gasteiger partial charge >= 0.3 is 0 Å². The molecule has 0 saturated heterocycles. The Balaban J connectivity index is 0. The minimum Gasteiger partial charge on any atom is -0.334 e. The topological polar surface area (TPSA) is 74.8 Å². The van der Waals surface area contributed by atoms with Crippen molar-refractivity contribution in [1.29, 1.82) is 0 Å². The minimum absolute atomic E-state index is 0.0396. The predicted molar refractivity (Wildman–Crippen MR) is 82.1 cm³/mol. The number of rotatable bonds is 9. The zero-order valence-electron chi connectivity index (χ0n) is 14.1. The van der Waals surface area contributed by atoms with Crippen molar-refractivity contribution in [3.63, 3.8) is 0 Å². The second-order valence-electron chi connectivity index (χ2n) is 4.76. The number of carbonyl (C=O) groups excluding carboxylic acids is 4. The molecule has 0 aliphatic heterocycles. The van der Waals surface area contributed by atoms with Crippen LogP contribution in [0.5, 0.6) is 0 Å². The first kappa shape index (κ1) is 21.7. The van der Waals surface area contributed by atoms with Gasteiger partial charge in [-0.15, -0.1) is 0 Å². The van der Waals surface area contributed by atoms with Gasteiger partial charge in [-0.2, -0.15) is 0 Å². The molecule has 0 aromatic rings. The van der Waals surface area contributed by atoms with E-state index < -0.39 is 0 Å². The lowest BCUT2D eigenvalue weighted by molar-refractivity contribution is -0.133. The lowest BCUT2D eigenvalue weighted by atomic mass is 10.3. The van der Waals surface area contributed by atoms with E-state index >= 15 is 0 Å². The predicted octanol–water partition coefficient (Wildman–Crippen LogP) is 0.930. The van der Waals surface area contributed by atoms with Crippen LogP contribution in [-0.2, 0) is 19.2 Å². The van der Waals surface area contributed by atoms with Gasteiger partial charge in [0.1, 0.15) is 17.3 Å². The second kappa shape index (κ2) is 12.2. The highest BCUT2D eigenvalue weighted by Gasteiger charge is 2.15. The normalized spacial score (nSPS) is 9.67. The van der Waals surface area contributed by atoms with E-state index in [1.165, 1.54) is 32.6 Å². The largest absolute Gasteiger partial charge is 0.334 e. The van der Waals surface area contributed by atoms with Crippen molar-refractivity contribution in [3.05, 3.63) is 0 Å². The summed E-state index contributed by atoms with van der Waals surface area (Å²) >= 11 is 0. The van der Waals surface area contributed by atoms with Gasteiger partial charge in [0.25, 0.3) is 0 Å². The van der Waals surface area contributed by atoms with Gasteiger partial charge in [0.15, 0.2) is 0 Å². The van der Waals surface area contributed by atoms with Gasteiger partial charge in [0.05, 0.1) is 19.6 Å². The lowest BCUT2D eigenvalue weighted by Gasteiger charge is -2.25. The van der Waals surface area contributed by atoms with Gasteiger partial charge in [-0.05, 0) is 20.8 Å². The number of amides is 1. The van der Waals surface area contributed by atoms with E-state index in [9.17, 15) is 19.2 Å². The van der Waals surface area contributed by atoms with E-state index in [1.54, 1.807) is 4.90 Å². The molecule has 21 heavy (non-hydrogen) atoms. The number of Topliss-reactive ketones (excluding diaryl/α,β-unsaturated/α-hetero) is 3. The summed E-state index contributed by atoms with van der Waals surface area (Å²) in [6.45, 7) is 10.8. The molecule has 0 radical (unpaired) electrons. The van der Waals surface area contributed by atoms with Crippen molar-refractivity contribution in [1.82, 2.24) is 9.80 Å². The molecule has 6 heteroatoms. The zero-order chi connectivity index (χ0) is 17.0. The van der Waals surface area contributed by atoms with Crippen LogP contribution in [0.3, 0.4) is 0 Å². The Morgan fingerprint density at radius 1 is 0.667 bits per heavy atom. The Labute approximate surface area is 127 Å². The van der Waals surface area contributed by atoms with E-state index in [4.69, 9.17) is 0 Å². The molecule has 0 aromatic heterocycles. The van der Waals surface area contributed by atoms with E-state index in [1.807, 2.05) is 13.8 Å². The fourth-order valence-electron chi connectivity index (χ4n) is 1.72. The van der Waals surface area contributed by atoms with Gasteiger partial charge in [-0.25, -0.2) is 0 Å². The van der Waals surface area contributed by atoms with E-state index in [2.05, 4.69) is 0 Å². The molecule has 0 spiro atoms. The van der Waals surface area contributed by atoms with Crippen LogP contribution < -0.4 is 0 Å². The van der Waals surface area contributed by atoms with Crippen molar-refractivity contribution in [3.8, 4) is 0 Å². The maximum atomic E-state index is 11.4. The second-order valence-corrected chi connectivity index (χ2v) is 4.76. The first-order chi connectivity index (χ1) is 9.72. The molecule has 0 atom stereocenters. The quantitative estimate of drug-likeness (QED) is 0.633. The third kappa shape index (κ3) is 13.2. The van der Waals surface area contributed by atoms with E-state index in [0.29, 0.717) is 13.1 Å². The van der Waals surface area contributed by atoms with Crippen molar-refractivity contribution in [2.45, 2.75) is 41.5 Å². The molecule has 0 rings (SSSR count). The van der Waals surface area contributed by atoms with Crippen LogP contribution in [0, 0.1) is 0 Å². The third-order valence-electron chi connectivity index (χ3n) is 2.44. The van der Waals surface area contributed by atoms with Gasteiger partial charge < -0.3 is 4.90 Å². The van der Waals surface area contributed by atoms with Crippen molar-refractivity contribution < 1.29 is 19.2 Å². The van der Waals surface area contributed by atoms with Crippen molar-refractivity contribution >= 4 is 23.3 Å². The highest BCUT2D eigenvalue weighted by molar-refractivity contribution is 5.83. The Morgan fingerprint density at radius 3 is 1.33 bits per heavy atom. The number of hydrogen-bond acceptors (Lipinski definition) is 5. The standard InChI is InChI=1S/C13H22N2O4.C2H6/c1-10(16)7-14(8-11(2)17)5-6-15(13(4)19)9-12(3)18;1-2/h5-9H2,1-4H3;1-2H3. The average Bonchev–Trinajstić information content (AvgIpc) is 2.34. The third-order valence-corrected chi connectivity index (χ3v) is 2.44. The van der Waals surface area contributed by atoms with Gasteiger partial charge in [-0.3, -0.25) is 24.1 Å². The van der Waals surface area contributed by atoms with Crippen molar-refractivity contribution in [2.75, 3.05) is 32.7 Å². The van der Waals surface area contributed by atoms with Crippen LogP contribution in [-0.4, -0.2) is 65.8 Å². The van der Waals surface area contributed by atoms with E-state index in [0.717, 1.165) is 0 Å². The molecule has 0 bridgehead atoms. The van der Waals surface area contributed by atoms with Crippen LogP contribution in [0.25, 0.3) is 0 Å². The summed E-state index contributed by atoms with van der Waals surface area (Å²) in [5, 5.41) is 0. The van der Waals surface area contributed by atoms with Crippen LogP contribution in [0.2, 0.25) is 0 Å². The highest BCUT2D eigenvalue weighted by Crippen LogP contribution is 1.95. The number of hydrogen-bond donors (Lipinski definition) is 0. The van der Waals surface area contributed by atoms with Crippen LogP contribution in [0.4, 0.5) is 0 Å². The number of carbonyl (C=O) groups is 4. The summed E-state index contributed by atoms with van der Waals surface area (Å²) in [5.74, 6) is -0.370. The fraction of sp³-hybridized carbons (Fsp3) is 0.733. The maximum Gasteiger partial charge on any atom is 0.219 e. The molecular weight excluding hydrogens is 272 g/mol. The van der Waals surface area contributed by atoms with Gasteiger partial charge in [0, 0.05) is 20.0 Å². The van der Waals surface area contributed by atoms with Crippen molar-refractivity contribution in [2.24, 2.45) is 0 Å². The van der Waals surface area contributed by atoms with Crippen LogP contribution in [0.1, 0.15) is 41.5 Å². The summed E-state index contributed by atoms with van der Waals surface area (Å²) in [4.78, 5) is 47.7. The summed E-state index contributed by atoms with van der Waals surface area (Å²) in [7, 11) is 0. The highest BCUT2D eigenvalue weighted by atomic mass is 16.2. The number of nitrogens with zero attached hydrogens (tertiary/aromatic N) is 2. The molecule has 0 unspecified atom stereocenters. The lowest BCUT2D eigenvalue weighted by Crippen LogP contribution is -2.42. The van der Waals surface area contributed by atoms with E-state index in [-0.39, 0.29) is 42.9 Å². The summed E-state index contributed by atoms with van der Waals surface area (Å²) in [6.07, 6.45) is 0. The summed E-state index contributed by atoms with van der Waals surface area (Å²) < 4.78 is 0. The Hall–Kier alpha value is -1.56. The van der Waals surface area contributed by atoms with Crippen LogP contribution >= 0.6 is 0 Å². The average molecular weight is 300 g/mol. The first-order valence-electron chi connectivity index (χ1n) is 7.18. The molecule has 0 fully saturated rings. The molecule has 0 aromatic carbocycles. The Morgan fingerprint density at radius 2 is 1.05 bits per heavy atom. The zero-order valence-corrected chi connectivity index (χ0v) is 14.1. The molecule has 1 amide bonds. The molecule has 0 saturated carbocycles. The van der Waals surface area contributed by atoms with Gasteiger partial charge in [0.2, 0.25) is 5.91 Å². The van der Waals surface area contributed by atoms with Crippen LogP contribution in [0.15, 0.2) is 0 Å². The molecular formula is C15H28N2O4. The molecule has 6 nitrogen and oxygen atoms in total. The first-order valence-corrected chi connectivity index (χ1v) is 7.18. The fourth-order valence-corrected chi connectivity index (χ4v) is 1.72. The maximum absolute atomic E-state index is 11.4. The summed E-state index contributed by atoms with van der Waals surface area (Å²) in [6, 6.07) is 0. The molecule has 0 heterocycles. The Kier molecular flexibility index (Phi) is 12.6. The van der Waals surface area contributed by atoms with Gasteiger partial charge in [-0.1, -0.05) is 13.8 Å². The Bertz CT molecular complexity index is 351. The smallest absolute Gasteiger partial charge is 0.219 e. The summed E-state index contributed by atoms with van der Waals surface area (Å²) in [5.41, 5.74) is 0. The number of ketones is 3. The monoisotopic (exact) mass is 300 g/mol. The molecule has 0 aliphatic rings. The SMILES string of the molecule is CC.CC(=O)CN(CCN(CC(C)=O)C(C)=O)CC(C)=O. The molecule has 0 N–H and O–H groups in total. The molecule has 122 valence electrons. The molecule has 0 aliphatic carbocycles.